The fraction of sp³-hybridized carbons (Fsp3) is 0.235. The predicted molar refractivity (Wildman–Crippen MR) is 166 cm³/mol. The van der Waals surface area contributed by atoms with Crippen molar-refractivity contribution in [1.29, 1.82) is 0 Å². The molecule has 0 atom stereocenters. The normalized spacial score (nSPS) is 13.5. The second-order valence-corrected chi connectivity index (χ2v) is 13.0. The summed E-state index contributed by atoms with van der Waals surface area (Å²) in [6, 6.07) is 20.8. The lowest BCUT2D eigenvalue weighted by Crippen LogP contribution is -2.33. The SMILES string of the molecule is CCc1c(C(=O)N2CCOc3ccc(-c4ccc(-c5nc6ccc(C)c(C)c6[nH]5)cc4)cc3C2)ccc(S(C)(=O)=O)c1F. The molecule has 1 amide bonds. The van der Waals surface area contributed by atoms with Crippen LogP contribution in [0.25, 0.3) is 33.5 Å². The van der Waals surface area contributed by atoms with Gasteiger partial charge in [-0.05, 0) is 72.9 Å². The largest absolute Gasteiger partial charge is 0.491 e. The van der Waals surface area contributed by atoms with Gasteiger partial charge in [-0.2, -0.15) is 0 Å². The number of aromatic amines is 1. The van der Waals surface area contributed by atoms with Crippen LogP contribution in [0, 0.1) is 19.7 Å². The molecule has 0 bridgehead atoms. The number of carbonyl (C=O) groups is 1. The van der Waals surface area contributed by atoms with Gasteiger partial charge in [0.15, 0.2) is 9.84 Å². The number of hydrogen-bond donors (Lipinski definition) is 1. The van der Waals surface area contributed by atoms with Crippen LogP contribution in [0.4, 0.5) is 4.39 Å². The molecule has 220 valence electrons. The number of amides is 1. The molecule has 43 heavy (non-hydrogen) atoms. The minimum Gasteiger partial charge on any atom is -0.491 e. The summed E-state index contributed by atoms with van der Waals surface area (Å²) in [5, 5.41) is 0. The molecule has 2 heterocycles. The number of nitrogens with one attached hydrogen (secondary N) is 1. The number of halogens is 1. The van der Waals surface area contributed by atoms with E-state index in [1.54, 1.807) is 11.8 Å². The first-order valence-electron chi connectivity index (χ1n) is 14.2. The number of aryl methyl sites for hydroxylation is 2. The Morgan fingerprint density at radius 2 is 1.72 bits per heavy atom. The molecule has 7 nitrogen and oxygen atoms in total. The summed E-state index contributed by atoms with van der Waals surface area (Å²) in [5.74, 6) is 0.282. The monoisotopic (exact) mass is 597 g/mol. The van der Waals surface area contributed by atoms with Gasteiger partial charge in [0.05, 0.1) is 17.6 Å². The lowest BCUT2D eigenvalue weighted by Gasteiger charge is -2.22. The Kier molecular flexibility index (Phi) is 7.30. The molecule has 0 radical (unpaired) electrons. The number of nitrogens with zero attached hydrogens (tertiary/aromatic N) is 2. The van der Waals surface area contributed by atoms with Gasteiger partial charge in [0.2, 0.25) is 0 Å². The molecule has 0 aliphatic carbocycles. The molecule has 0 saturated carbocycles. The molecule has 5 aromatic rings. The third-order valence-electron chi connectivity index (χ3n) is 8.20. The van der Waals surface area contributed by atoms with Gasteiger partial charge in [0.1, 0.15) is 28.9 Å². The van der Waals surface area contributed by atoms with E-state index in [9.17, 15) is 13.2 Å². The van der Waals surface area contributed by atoms with E-state index < -0.39 is 20.5 Å². The van der Waals surface area contributed by atoms with Crippen molar-refractivity contribution >= 4 is 26.8 Å². The molecule has 0 spiro atoms. The van der Waals surface area contributed by atoms with Crippen molar-refractivity contribution in [2.24, 2.45) is 0 Å². The second-order valence-electron chi connectivity index (χ2n) is 11.0. The molecular formula is C34H32FN3O4S. The van der Waals surface area contributed by atoms with E-state index in [-0.39, 0.29) is 36.6 Å². The Morgan fingerprint density at radius 1 is 1.00 bits per heavy atom. The second kappa shape index (κ2) is 11.0. The number of imidazole rings is 1. The number of fused-ring (bicyclic) bond motifs is 2. The highest BCUT2D eigenvalue weighted by atomic mass is 32.2. The summed E-state index contributed by atoms with van der Waals surface area (Å²) in [6.45, 7) is 6.76. The zero-order chi connectivity index (χ0) is 30.5. The van der Waals surface area contributed by atoms with Crippen LogP contribution in [0.15, 0.2) is 71.6 Å². The smallest absolute Gasteiger partial charge is 0.254 e. The maximum absolute atomic E-state index is 15.2. The average Bonchev–Trinajstić information content (AvgIpc) is 3.31. The van der Waals surface area contributed by atoms with Crippen LogP contribution in [0.3, 0.4) is 0 Å². The van der Waals surface area contributed by atoms with Crippen LogP contribution in [-0.2, 0) is 22.8 Å². The molecule has 6 rings (SSSR count). The zero-order valence-corrected chi connectivity index (χ0v) is 25.3. The summed E-state index contributed by atoms with van der Waals surface area (Å²) in [5.41, 5.74) is 8.44. The quantitative estimate of drug-likeness (QED) is 0.245. The van der Waals surface area contributed by atoms with Gasteiger partial charge in [-0.15, -0.1) is 0 Å². The standard InChI is InChI=1S/C34H32FN3O4S/c1-5-26-27(12-15-30(31(26)35)43(4,40)41)34(39)38-16-17-42-29-14-11-24(18-25(29)19-38)22-7-9-23(10-8-22)33-36-28-13-6-20(2)21(3)32(28)37-33/h6-15,18H,5,16-17,19H2,1-4H3,(H,36,37). The average molecular weight is 598 g/mol. The molecule has 9 heteroatoms. The van der Waals surface area contributed by atoms with Crippen molar-refractivity contribution in [3.8, 4) is 28.3 Å². The Bertz CT molecular complexity index is 2000. The predicted octanol–water partition coefficient (Wildman–Crippen LogP) is 6.65. The van der Waals surface area contributed by atoms with Crippen LogP contribution in [0.2, 0.25) is 0 Å². The van der Waals surface area contributed by atoms with Gasteiger partial charge in [-0.3, -0.25) is 4.79 Å². The minimum absolute atomic E-state index is 0.0990. The number of rotatable bonds is 5. The fourth-order valence-electron chi connectivity index (χ4n) is 5.63. The van der Waals surface area contributed by atoms with E-state index in [2.05, 4.69) is 24.9 Å². The van der Waals surface area contributed by atoms with Gasteiger partial charge in [0, 0.05) is 35.1 Å². The zero-order valence-electron chi connectivity index (χ0n) is 24.5. The van der Waals surface area contributed by atoms with E-state index in [4.69, 9.17) is 9.72 Å². The van der Waals surface area contributed by atoms with Crippen molar-refractivity contribution in [1.82, 2.24) is 14.9 Å². The number of H-pyrrole nitrogens is 1. The van der Waals surface area contributed by atoms with Crippen LogP contribution < -0.4 is 4.74 Å². The highest BCUT2D eigenvalue weighted by Gasteiger charge is 2.27. The van der Waals surface area contributed by atoms with Crippen molar-refractivity contribution in [2.45, 2.75) is 38.6 Å². The first-order valence-corrected chi connectivity index (χ1v) is 16.1. The Hall–Kier alpha value is -4.50. The molecule has 4 aromatic carbocycles. The van der Waals surface area contributed by atoms with Gasteiger partial charge in [-0.25, -0.2) is 17.8 Å². The first-order chi connectivity index (χ1) is 20.5. The number of benzene rings is 4. The number of hydrogen-bond acceptors (Lipinski definition) is 5. The van der Waals surface area contributed by atoms with E-state index >= 15 is 4.39 Å². The Morgan fingerprint density at radius 3 is 2.44 bits per heavy atom. The van der Waals surface area contributed by atoms with Crippen LogP contribution in [-0.4, -0.2) is 48.6 Å². The summed E-state index contributed by atoms with van der Waals surface area (Å²) >= 11 is 0. The van der Waals surface area contributed by atoms with E-state index in [0.717, 1.165) is 45.4 Å². The summed E-state index contributed by atoms with van der Waals surface area (Å²) in [4.78, 5) is 23.1. The summed E-state index contributed by atoms with van der Waals surface area (Å²) < 4.78 is 45.2. The highest BCUT2D eigenvalue weighted by Crippen LogP contribution is 2.32. The van der Waals surface area contributed by atoms with E-state index in [0.29, 0.717) is 12.3 Å². The number of carbonyl (C=O) groups excluding carboxylic acids is 1. The van der Waals surface area contributed by atoms with Crippen molar-refractivity contribution in [3.05, 3.63) is 100 Å². The maximum atomic E-state index is 15.2. The highest BCUT2D eigenvalue weighted by molar-refractivity contribution is 7.90. The van der Waals surface area contributed by atoms with Gasteiger partial charge >= 0.3 is 0 Å². The third-order valence-corrected chi connectivity index (χ3v) is 9.31. The fourth-order valence-corrected chi connectivity index (χ4v) is 6.39. The van der Waals surface area contributed by atoms with Crippen molar-refractivity contribution < 1.29 is 22.3 Å². The third kappa shape index (κ3) is 5.29. The van der Waals surface area contributed by atoms with Crippen molar-refractivity contribution in [2.75, 3.05) is 19.4 Å². The molecule has 1 N–H and O–H groups in total. The maximum Gasteiger partial charge on any atom is 0.254 e. The summed E-state index contributed by atoms with van der Waals surface area (Å²) in [6.07, 6.45) is 1.14. The molecule has 1 aliphatic heterocycles. The number of aromatic nitrogens is 2. The van der Waals surface area contributed by atoms with Gasteiger partial charge in [-0.1, -0.05) is 43.3 Å². The Labute approximate surface area is 250 Å². The van der Waals surface area contributed by atoms with E-state index in [1.807, 2.05) is 48.5 Å². The van der Waals surface area contributed by atoms with Crippen molar-refractivity contribution in [3.63, 3.8) is 0 Å². The number of ether oxygens (including phenoxy) is 1. The van der Waals surface area contributed by atoms with E-state index in [1.165, 1.54) is 23.3 Å². The summed E-state index contributed by atoms with van der Waals surface area (Å²) in [7, 11) is -3.76. The lowest BCUT2D eigenvalue weighted by atomic mass is 10.00. The molecule has 0 saturated heterocycles. The number of sulfone groups is 1. The topological polar surface area (TPSA) is 92.4 Å². The lowest BCUT2D eigenvalue weighted by molar-refractivity contribution is 0.0731. The molecular weight excluding hydrogens is 565 g/mol. The first kappa shape index (κ1) is 28.6. The molecule has 1 aliphatic rings. The van der Waals surface area contributed by atoms with Crippen LogP contribution in [0.5, 0.6) is 5.75 Å². The molecule has 0 unspecified atom stereocenters. The van der Waals surface area contributed by atoms with Crippen LogP contribution in [0.1, 0.15) is 39.5 Å². The van der Waals surface area contributed by atoms with Gasteiger partial charge < -0.3 is 14.6 Å². The Balaban J connectivity index is 1.27. The molecule has 0 fully saturated rings. The minimum atomic E-state index is -3.76. The van der Waals surface area contributed by atoms with Gasteiger partial charge in [0.25, 0.3) is 5.91 Å². The molecule has 1 aromatic heterocycles. The van der Waals surface area contributed by atoms with Crippen LogP contribution >= 0.6 is 0 Å².